The summed E-state index contributed by atoms with van der Waals surface area (Å²) >= 11 is 0. The molecule has 0 unspecified atom stereocenters. The molecule has 0 spiro atoms. The van der Waals surface area contributed by atoms with Crippen LogP contribution >= 0.6 is 0 Å². The second-order valence-corrected chi connectivity index (χ2v) is 4.50. The maximum absolute atomic E-state index is 4.29. The van der Waals surface area contributed by atoms with Crippen LogP contribution in [0.2, 0.25) is 0 Å². The molecule has 1 aromatic carbocycles. The zero-order valence-electron chi connectivity index (χ0n) is 8.93. The van der Waals surface area contributed by atoms with Crippen LogP contribution in [-0.4, -0.2) is 15.0 Å². The lowest BCUT2D eigenvalue weighted by Crippen LogP contribution is -2.12. The Morgan fingerprint density at radius 1 is 1.27 bits per heavy atom. The third-order valence-electron chi connectivity index (χ3n) is 3.51. The molecule has 78 valence electrons. The van der Waals surface area contributed by atoms with E-state index in [1.165, 1.54) is 24.8 Å². The maximum atomic E-state index is 4.29. The normalized spacial score (nSPS) is 26.2. The largest absolute Gasteiger partial charge is 0.241 e. The van der Waals surface area contributed by atoms with Crippen LogP contribution in [0.25, 0.3) is 11.0 Å². The smallest absolute Gasteiger partial charge is 0.113 e. The SMILES string of the molecule is C[C@@H]1CCC[C@@H]1n1nnc2ccccc21. The highest BCUT2D eigenvalue weighted by Crippen LogP contribution is 2.36. The first-order valence-electron chi connectivity index (χ1n) is 5.66. The molecule has 15 heavy (non-hydrogen) atoms. The van der Waals surface area contributed by atoms with Crippen molar-refractivity contribution >= 4 is 11.0 Å². The quantitative estimate of drug-likeness (QED) is 0.710. The van der Waals surface area contributed by atoms with Gasteiger partial charge in [0.1, 0.15) is 5.52 Å². The lowest BCUT2D eigenvalue weighted by molar-refractivity contribution is 0.377. The van der Waals surface area contributed by atoms with Crippen molar-refractivity contribution in [3.63, 3.8) is 0 Å². The fourth-order valence-electron chi connectivity index (χ4n) is 2.62. The second kappa shape index (κ2) is 3.33. The molecule has 1 fully saturated rings. The van der Waals surface area contributed by atoms with Crippen LogP contribution in [0.15, 0.2) is 24.3 Å². The topological polar surface area (TPSA) is 30.7 Å². The van der Waals surface area contributed by atoms with Crippen molar-refractivity contribution in [1.82, 2.24) is 15.0 Å². The molecule has 0 N–H and O–H groups in total. The van der Waals surface area contributed by atoms with Crippen molar-refractivity contribution in [2.45, 2.75) is 32.2 Å². The van der Waals surface area contributed by atoms with Gasteiger partial charge in [-0.05, 0) is 30.9 Å². The van der Waals surface area contributed by atoms with E-state index < -0.39 is 0 Å². The molecule has 1 heterocycles. The van der Waals surface area contributed by atoms with Crippen molar-refractivity contribution in [3.8, 4) is 0 Å². The molecule has 2 aromatic rings. The maximum Gasteiger partial charge on any atom is 0.113 e. The van der Waals surface area contributed by atoms with Crippen molar-refractivity contribution in [3.05, 3.63) is 24.3 Å². The Hall–Kier alpha value is -1.38. The number of hydrogen-bond donors (Lipinski definition) is 0. The number of para-hydroxylation sites is 1. The molecule has 3 rings (SSSR count). The Morgan fingerprint density at radius 3 is 2.93 bits per heavy atom. The van der Waals surface area contributed by atoms with Gasteiger partial charge >= 0.3 is 0 Å². The number of rotatable bonds is 1. The van der Waals surface area contributed by atoms with Crippen molar-refractivity contribution in [1.29, 1.82) is 0 Å². The molecule has 1 aliphatic carbocycles. The molecule has 1 saturated carbocycles. The van der Waals surface area contributed by atoms with Gasteiger partial charge in [0, 0.05) is 0 Å². The standard InChI is InChI=1S/C12H15N3/c1-9-5-4-8-11(9)15-12-7-3-2-6-10(12)13-14-15/h2-3,6-7,9,11H,4-5,8H2,1H3/t9-,11+/m1/s1. The second-order valence-electron chi connectivity index (χ2n) is 4.50. The minimum Gasteiger partial charge on any atom is -0.241 e. The van der Waals surface area contributed by atoms with Crippen LogP contribution in [0.5, 0.6) is 0 Å². The van der Waals surface area contributed by atoms with Gasteiger partial charge in [-0.3, -0.25) is 0 Å². The first kappa shape index (κ1) is 8.89. The Kier molecular flexibility index (Phi) is 1.97. The van der Waals surface area contributed by atoms with Crippen molar-refractivity contribution < 1.29 is 0 Å². The number of aromatic nitrogens is 3. The summed E-state index contributed by atoms with van der Waals surface area (Å²) in [5.41, 5.74) is 2.19. The van der Waals surface area contributed by atoms with Gasteiger partial charge < -0.3 is 0 Å². The highest BCUT2D eigenvalue weighted by atomic mass is 15.4. The van der Waals surface area contributed by atoms with Crippen molar-refractivity contribution in [2.24, 2.45) is 5.92 Å². The number of hydrogen-bond acceptors (Lipinski definition) is 2. The molecule has 0 radical (unpaired) electrons. The van der Waals surface area contributed by atoms with E-state index in [-0.39, 0.29) is 0 Å². The molecule has 2 atom stereocenters. The van der Waals surface area contributed by atoms with Gasteiger partial charge in [0.05, 0.1) is 11.6 Å². The number of nitrogens with zero attached hydrogens (tertiary/aromatic N) is 3. The molecular weight excluding hydrogens is 186 g/mol. The highest BCUT2D eigenvalue weighted by molar-refractivity contribution is 5.73. The third-order valence-corrected chi connectivity index (χ3v) is 3.51. The zero-order valence-corrected chi connectivity index (χ0v) is 8.93. The molecular formula is C12H15N3. The molecule has 3 heteroatoms. The Morgan fingerprint density at radius 2 is 2.13 bits per heavy atom. The van der Waals surface area contributed by atoms with Gasteiger partial charge in [0.2, 0.25) is 0 Å². The average molecular weight is 201 g/mol. The monoisotopic (exact) mass is 201 g/mol. The summed E-state index contributed by atoms with van der Waals surface area (Å²) < 4.78 is 2.12. The highest BCUT2D eigenvalue weighted by Gasteiger charge is 2.26. The first-order valence-corrected chi connectivity index (χ1v) is 5.66. The van der Waals surface area contributed by atoms with Gasteiger partial charge in [-0.15, -0.1) is 5.10 Å². The summed E-state index contributed by atoms with van der Waals surface area (Å²) in [6, 6.07) is 8.76. The van der Waals surface area contributed by atoms with Gasteiger partial charge in [-0.25, -0.2) is 4.68 Å². The van der Waals surface area contributed by atoms with Crippen LogP contribution in [0.1, 0.15) is 32.2 Å². The van der Waals surface area contributed by atoms with E-state index in [9.17, 15) is 0 Å². The van der Waals surface area contributed by atoms with Crippen LogP contribution in [0.4, 0.5) is 0 Å². The van der Waals surface area contributed by atoms with Gasteiger partial charge in [0.25, 0.3) is 0 Å². The lowest BCUT2D eigenvalue weighted by Gasteiger charge is -2.15. The predicted molar refractivity (Wildman–Crippen MR) is 59.6 cm³/mol. The number of benzene rings is 1. The summed E-state index contributed by atoms with van der Waals surface area (Å²) in [6.45, 7) is 2.31. The molecule has 0 bridgehead atoms. The fraction of sp³-hybridized carbons (Fsp3) is 0.500. The summed E-state index contributed by atoms with van der Waals surface area (Å²) in [6.07, 6.45) is 3.88. The molecule has 0 amide bonds. The third kappa shape index (κ3) is 1.34. The van der Waals surface area contributed by atoms with Gasteiger partial charge in [-0.1, -0.05) is 30.7 Å². The summed E-state index contributed by atoms with van der Waals surface area (Å²) in [7, 11) is 0. The zero-order chi connectivity index (χ0) is 10.3. The molecule has 0 saturated heterocycles. The van der Waals surface area contributed by atoms with Crippen LogP contribution in [-0.2, 0) is 0 Å². The molecule has 1 aliphatic rings. The van der Waals surface area contributed by atoms with E-state index in [4.69, 9.17) is 0 Å². The summed E-state index contributed by atoms with van der Waals surface area (Å²) in [5, 5.41) is 8.51. The van der Waals surface area contributed by atoms with E-state index in [2.05, 4.69) is 34.1 Å². The Labute approximate surface area is 89.1 Å². The minimum atomic E-state index is 0.553. The molecule has 1 aromatic heterocycles. The van der Waals surface area contributed by atoms with E-state index in [1.807, 2.05) is 12.1 Å². The summed E-state index contributed by atoms with van der Waals surface area (Å²) in [4.78, 5) is 0. The molecule has 3 nitrogen and oxygen atoms in total. The minimum absolute atomic E-state index is 0.553. The van der Waals surface area contributed by atoms with Crippen LogP contribution in [0, 0.1) is 5.92 Å². The fourth-order valence-corrected chi connectivity index (χ4v) is 2.62. The lowest BCUT2D eigenvalue weighted by atomic mass is 10.1. The first-order chi connectivity index (χ1) is 7.36. The van der Waals surface area contributed by atoms with E-state index in [1.54, 1.807) is 0 Å². The number of fused-ring (bicyclic) bond motifs is 1. The van der Waals surface area contributed by atoms with Gasteiger partial charge in [-0.2, -0.15) is 0 Å². The van der Waals surface area contributed by atoms with Gasteiger partial charge in [0.15, 0.2) is 0 Å². The average Bonchev–Trinajstić information content (AvgIpc) is 2.83. The molecule has 0 aliphatic heterocycles. The van der Waals surface area contributed by atoms with E-state index in [0.717, 1.165) is 11.4 Å². The predicted octanol–water partition coefficient (Wildman–Crippen LogP) is 2.79. The summed E-state index contributed by atoms with van der Waals surface area (Å²) in [5.74, 6) is 0.732. The van der Waals surface area contributed by atoms with Crippen molar-refractivity contribution in [2.75, 3.05) is 0 Å². The van der Waals surface area contributed by atoms with Crippen LogP contribution < -0.4 is 0 Å². The Balaban J connectivity index is 2.10. The van der Waals surface area contributed by atoms with E-state index in [0.29, 0.717) is 6.04 Å². The Bertz CT molecular complexity index is 474. The van der Waals surface area contributed by atoms with E-state index >= 15 is 0 Å². The van der Waals surface area contributed by atoms with Crippen LogP contribution in [0.3, 0.4) is 0 Å².